The van der Waals surface area contributed by atoms with Crippen LogP contribution in [-0.4, -0.2) is 48.0 Å². The summed E-state index contributed by atoms with van der Waals surface area (Å²) < 4.78 is 29.1. The van der Waals surface area contributed by atoms with E-state index in [0.717, 1.165) is 30.5 Å². The van der Waals surface area contributed by atoms with Gasteiger partial charge in [0.05, 0.1) is 11.4 Å². The predicted octanol–water partition coefficient (Wildman–Crippen LogP) is 1.73. The fourth-order valence-corrected chi connectivity index (χ4v) is 5.43. The number of fused-ring (bicyclic) bond motifs is 1. The van der Waals surface area contributed by atoms with E-state index in [2.05, 4.69) is 10.4 Å². The number of piperidine rings is 1. The molecular formula is C19H24N4O3S. The lowest BCUT2D eigenvalue weighted by Gasteiger charge is -2.31. The maximum absolute atomic E-state index is 12.9. The molecule has 1 aromatic heterocycles. The largest absolute Gasteiger partial charge is 0.351 e. The van der Waals surface area contributed by atoms with Gasteiger partial charge in [-0.1, -0.05) is 30.3 Å². The molecule has 1 saturated heterocycles. The zero-order valence-corrected chi connectivity index (χ0v) is 16.0. The summed E-state index contributed by atoms with van der Waals surface area (Å²) in [5.41, 5.74) is 2.19. The Kier molecular flexibility index (Phi) is 5.01. The number of nitrogens with one attached hydrogen (secondary N) is 1. The van der Waals surface area contributed by atoms with Crippen molar-refractivity contribution in [2.75, 3.05) is 19.6 Å². The Morgan fingerprint density at radius 2 is 1.96 bits per heavy atom. The van der Waals surface area contributed by atoms with Crippen LogP contribution in [0, 0.1) is 0 Å². The third-order valence-electron chi connectivity index (χ3n) is 5.25. The molecule has 0 spiro atoms. The maximum Gasteiger partial charge on any atom is 0.269 e. The van der Waals surface area contributed by atoms with Crippen LogP contribution in [-0.2, 0) is 22.3 Å². The van der Waals surface area contributed by atoms with Gasteiger partial charge in [-0.05, 0) is 30.9 Å². The first-order valence-electron chi connectivity index (χ1n) is 9.40. The van der Waals surface area contributed by atoms with Gasteiger partial charge < -0.3 is 5.32 Å². The Hall–Kier alpha value is -2.19. The summed E-state index contributed by atoms with van der Waals surface area (Å²) in [6, 6.07) is 11.1. The van der Waals surface area contributed by atoms with E-state index in [1.807, 2.05) is 36.4 Å². The first kappa shape index (κ1) is 18.2. The van der Waals surface area contributed by atoms with Crippen molar-refractivity contribution < 1.29 is 13.2 Å². The average Bonchev–Trinajstić information content (AvgIpc) is 3.02. The van der Waals surface area contributed by atoms with Gasteiger partial charge in [0, 0.05) is 32.1 Å². The van der Waals surface area contributed by atoms with Crippen molar-refractivity contribution in [1.29, 1.82) is 0 Å². The van der Waals surface area contributed by atoms with Gasteiger partial charge in [0.1, 0.15) is 5.69 Å². The summed E-state index contributed by atoms with van der Waals surface area (Å²) >= 11 is 0. The van der Waals surface area contributed by atoms with Gasteiger partial charge in [-0.15, -0.1) is 0 Å². The number of amides is 1. The second-order valence-corrected chi connectivity index (χ2v) is 9.19. The average molecular weight is 388 g/mol. The Morgan fingerprint density at radius 3 is 2.78 bits per heavy atom. The predicted molar refractivity (Wildman–Crippen MR) is 102 cm³/mol. The van der Waals surface area contributed by atoms with Crippen LogP contribution in [0.5, 0.6) is 0 Å². The minimum atomic E-state index is -3.38. The van der Waals surface area contributed by atoms with Crippen LogP contribution in [0.25, 0.3) is 0 Å². The molecule has 0 bridgehead atoms. The van der Waals surface area contributed by atoms with Crippen LogP contribution in [0.2, 0.25) is 0 Å². The number of aryl methyl sites for hydroxylation is 1. The normalized spacial score (nSPS) is 21.3. The number of rotatable bonds is 4. The maximum atomic E-state index is 12.9. The Balaban J connectivity index is 1.51. The summed E-state index contributed by atoms with van der Waals surface area (Å²) in [5, 5.41) is 7.49. The number of nitrogens with zero attached hydrogens (tertiary/aromatic N) is 3. The molecule has 7 nitrogen and oxygen atoms in total. The van der Waals surface area contributed by atoms with Crippen molar-refractivity contribution in [3.05, 3.63) is 53.3 Å². The standard InChI is InChI=1S/C19H24N4O3S/c24-19-18-12-17(21-23(18)11-5-9-20-19)16-8-4-10-22(13-16)27(25,26)14-15-6-2-1-3-7-15/h1-3,6-7,12,16H,4-5,8-11,13-14H2,(H,20,24). The molecule has 1 aromatic carbocycles. The smallest absolute Gasteiger partial charge is 0.269 e. The molecule has 1 unspecified atom stereocenters. The molecule has 1 amide bonds. The third kappa shape index (κ3) is 3.91. The number of hydrogen-bond donors (Lipinski definition) is 1. The van der Waals surface area contributed by atoms with Gasteiger partial charge in [-0.3, -0.25) is 9.48 Å². The highest BCUT2D eigenvalue weighted by Gasteiger charge is 2.32. The summed E-state index contributed by atoms with van der Waals surface area (Å²) in [5.74, 6) is -0.0602. The van der Waals surface area contributed by atoms with Crippen molar-refractivity contribution in [3.8, 4) is 0 Å². The molecule has 4 rings (SSSR count). The lowest BCUT2D eigenvalue weighted by atomic mass is 9.96. The van der Waals surface area contributed by atoms with Crippen LogP contribution in [0.4, 0.5) is 0 Å². The molecule has 0 radical (unpaired) electrons. The summed E-state index contributed by atoms with van der Waals surface area (Å²) in [6.07, 6.45) is 2.53. The first-order valence-corrected chi connectivity index (χ1v) is 11.0. The van der Waals surface area contributed by atoms with Crippen LogP contribution < -0.4 is 5.32 Å². The Morgan fingerprint density at radius 1 is 1.15 bits per heavy atom. The highest BCUT2D eigenvalue weighted by Crippen LogP contribution is 2.29. The highest BCUT2D eigenvalue weighted by molar-refractivity contribution is 7.88. The van der Waals surface area contributed by atoms with Gasteiger partial charge >= 0.3 is 0 Å². The van der Waals surface area contributed by atoms with Crippen LogP contribution >= 0.6 is 0 Å². The fraction of sp³-hybridized carbons (Fsp3) is 0.474. The van der Waals surface area contributed by atoms with Gasteiger partial charge in [0.2, 0.25) is 10.0 Å². The first-order chi connectivity index (χ1) is 13.0. The zero-order chi connectivity index (χ0) is 18.9. The molecule has 1 fully saturated rings. The van der Waals surface area contributed by atoms with Crippen LogP contribution in [0.1, 0.15) is 46.9 Å². The van der Waals surface area contributed by atoms with Crippen molar-refractivity contribution in [1.82, 2.24) is 19.4 Å². The van der Waals surface area contributed by atoms with E-state index in [-0.39, 0.29) is 17.6 Å². The quantitative estimate of drug-likeness (QED) is 0.864. The molecule has 2 aliphatic heterocycles. The molecule has 2 aromatic rings. The van der Waals surface area contributed by atoms with E-state index in [4.69, 9.17) is 0 Å². The molecule has 2 aliphatic rings. The lowest BCUT2D eigenvalue weighted by Crippen LogP contribution is -2.39. The number of carbonyl (C=O) groups excluding carboxylic acids is 1. The van der Waals surface area contributed by atoms with E-state index in [1.54, 1.807) is 8.99 Å². The van der Waals surface area contributed by atoms with Crippen molar-refractivity contribution >= 4 is 15.9 Å². The fourth-order valence-electron chi connectivity index (χ4n) is 3.82. The highest BCUT2D eigenvalue weighted by atomic mass is 32.2. The zero-order valence-electron chi connectivity index (χ0n) is 15.2. The minimum Gasteiger partial charge on any atom is -0.351 e. The molecule has 1 atom stereocenters. The molecule has 1 N–H and O–H groups in total. The van der Waals surface area contributed by atoms with Crippen molar-refractivity contribution in [2.45, 2.75) is 37.5 Å². The monoisotopic (exact) mass is 388 g/mol. The number of hydrogen-bond acceptors (Lipinski definition) is 4. The van der Waals surface area contributed by atoms with E-state index in [0.29, 0.717) is 31.9 Å². The van der Waals surface area contributed by atoms with Crippen LogP contribution in [0.3, 0.4) is 0 Å². The SMILES string of the molecule is O=C1NCCCn2nc(C3CCCN(S(=O)(=O)Cc4ccccc4)C3)cc21. The van der Waals surface area contributed by atoms with Crippen molar-refractivity contribution in [2.24, 2.45) is 0 Å². The van der Waals surface area contributed by atoms with E-state index >= 15 is 0 Å². The summed E-state index contributed by atoms with van der Waals surface area (Å²) in [7, 11) is -3.38. The molecule has 0 aliphatic carbocycles. The number of sulfonamides is 1. The Bertz CT molecular complexity index is 924. The minimum absolute atomic E-state index is 0.0165. The summed E-state index contributed by atoms with van der Waals surface area (Å²) in [6.45, 7) is 2.33. The molecule has 8 heteroatoms. The second kappa shape index (κ2) is 7.44. The topological polar surface area (TPSA) is 84.3 Å². The Labute approximate surface area is 159 Å². The molecular weight excluding hydrogens is 364 g/mol. The molecule has 0 saturated carbocycles. The van der Waals surface area contributed by atoms with Gasteiger partial charge in [0.15, 0.2) is 0 Å². The van der Waals surface area contributed by atoms with E-state index < -0.39 is 10.0 Å². The van der Waals surface area contributed by atoms with E-state index in [9.17, 15) is 13.2 Å². The van der Waals surface area contributed by atoms with Gasteiger partial charge in [0.25, 0.3) is 5.91 Å². The van der Waals surface area contributed by atoms with Gasteiger partial charge in [-0.2, -0.15) is 5.10 Å². The number of carbonyl (C=O) groups is 1. The van der Waals surface area contributed by atoms with Crippen molar-refractivity contribution in [3.63, 3.8) is 0 Å². The van der Waals surface area contributed by atoms with E-state index in [1.165, 1.54) is 0 Å². The summed E-state index contributed by atoms with van der Waals surface area (Å²) in [4.78, 5) is 12.2. The third-order valence-corrected chi connectivity index (χ3v) is 7.07. The molecule has 3 heterocycles. The lowest BCUT2D eigenvalue weighted by molar-refractivity contribution is 0.0950. The second-order valence-electron chi connectivity index (χ2n) is 7.23. The molecule has 27 heavy (non-hydrogen) atoms. The number of aromatic nitrogens is 2. The molecule has 144 valence electrons. The van der Waals surface area contributed by atoms with Crippen LogP contribution in [0.15, 0.2) is 36.4 Å². The van der Waals surface area contributed by atoms with Gasteiger partial charge in [-0.25, -0.2) is 12.7 Å². The number of benzene rings is 1.